The number of carbonyl (C=O) groups excluding carboxylic acids is 2. The van der Waals surface area contributed by atoms with Gasteiger partial charge in [0.05, 0.1) is 18.0 Å². The monoisotopic (exact) mass is 423 g/mol. The molecule has 28 heavy (non-hydrogen) atoms. The highest BCUT2D eigenvalue weighted by Crippen LogP contribution is 2.35. The smallest absolute Gasteiger partial charge is 0.243 e. The molecule has 0 saturated heterocycles. The van der Waals surface area contributed by atoms with E-state index in [1.807, 2.05) is 4.57 Å². The van der Waals surface area contributed by atoms with E-state index in [1.165, 1.54) is 38.2 Å². The maximum atomic E-state index is 12.6. The number of amides is 1. The van der Waals surface area contributed by atoms with Crippen LogP contribution in [0.1, 0.15) is 42.0 Å². The van der Waals surface area contributed by atoms with Gasteiger partial charge in [0.15, 0.2) is 16.4 Å². The van der Waals surface area contributed by atoms with Gasteiger partial charge in [0, 0.05) is 18.7 Å². The Kier molecular flexibility index (Phi) is 5.77. The van der Waals surface area contributed by atoms with Gasteiger partial charge in [-0.15, -0.1) is 0 Å². The van der Waals surface area contributed by atoms with E-state index in [0.29, 0.717) is 22.2 Å². The standard InChI is InChI=1S/C17H21N5O4S2/c1-11(23)12-3-7-14(8-4-12)28(25,26)21(2)10-16(24)18-9-15-19-20-17(27)22(15)13-5-6-13/h3-4,7-8,13H,5-6,9-10H2,1-2H3,(H,18,24)(H,20,27). The van der Waals surface area contributed by atoms with Crippen LogP contribution >= 0.6 is 12.2 Å². The molecule has 0 bridgehead atoms. The molecule has 11 heteroatoms. The predicted molar refractivity (Wildman–Crippen MR) is 104 cm³/mol. The fraction of sp³-hybridized carbons (Fsp3) is 0.412. The molecule has 1 heterocycles. The second-order valence-electron chi connectivity index (χ2n) is 6.66. The third-order valence-corrected chi connectivity index (χ3v) is 6.57. The Morgan fingerprint density at radius 2 is 1.96 bits per heavy atom. The van der Waals surface area contributed by atoms with Crippen LogP contribution in [0.5, 0.6) is 0 Å². The largest absolute Gasteiger partial charge is 0.348 e. The van der Waals surface area contributed by atoms with E-state index in [2.05, 4.69) is 15.5 Å². The van der Waals surface area contributed by atoms with Crippen molar-refractivity contribution in [1.82, 2.24) is 24.4 Å². The molecule has 1 aromatic carbocycles. The average Bonchev–Trinajstić information content (AvgIpc) is 3.42. The van der Waals surface area contributed by atoms with Crippen LogP contribution in [0.3, 0.4) is 0 Å². The maximum absolute atomic E-state index is 12.6. The lowest BCUT2D eigenvalue weighted by Gasteiger charge is -2.17. The van der Waals surface area contributed by atoms with Crippen molar-refractivity contribution in [2.75, 3.05) is 13.6 Å². The molecule has 0 atom stereocenters. The number of aromatic amines is 1. The van der Waals surface area contributed by atoms with Gasteiger partial charge >= 0.3 is 0 Å². The molecule has 2 N–H and O–H groups in total. The quantitative estimate of drug-likeness (QED) is 0.490. The predicted octanol–water partition coefficient (Wildman–Crippen LogP) is 1.42. The van der Waals surface area contributed by atoms with Gasteiger partial charge in [0.25, 0.3) is 0 Å². The van der Waals surface area contributed by atoms with E-state index in [0.717, 1.165) is 17.1 Å². The molecule has 0 unspecified atom stereocenters. The first kappa shape index (κ1) is 20.4. The maximum Gasteiger partial charge on any atom is 0.243 e. The summed E-state index contributed by atoms with van der Waals surface area (Å²) in [6.45, 7) is 1.22. The van der Waals surface area contributed by atoms with Gasteiger partial charge in [-0.3, -0.25) is 19.3 Å². The summed E-state index contributed by atoms with van der Waals surface area (Å²) in [7, 11) is -2.52. The number of Topliss-reactive ketones (excluding diaryl/α,β-unsaturated/α-hetero) is 1. The van der Waals surface area contributed by atoms with Crippen molar-refractivity contribution in [3.8, 4) is 0 Å². The molecule has 1 aliphatic rings. The van der Waals surface area contributed by atoms with Crippen LogP contribution in [-0.4, -0.2) is 52.8 Å². The zero-order chi connectivity index (χ0) is 20.5. The summed E-state index contributed by atoms with van der Waals surface area (Å²) in [6, 6.07) is 5.92. The fourth-order valence-corrected chi connectivity index (χ4v) is 4.16. The number of aromatic nitrogens is 3. The molecule has 1 aromatic heterocycles. The summed E-state index contributed by atoms with van der Waals surface area (Å²) in [5.41, 5.74) is 0.420. The molecular weight excluding hydrogens is 402 g/mol. The van der Waals surface area contributed by atoms with Gasteiger partial charge in [0.1, 0.15) is 0 Å². The highest BCUT2D eigenvalue weighted by molar-refractivity contribution is 7.89. The number of H-pyrrole nitrogens is 1. The first-order chi connectivity index (χ1) is 13.2. The Bertz CT molecular complexity index is 1050. The number of carbonyl (C=O) groups is 2. The van der Waals surface area contributed by atoms with Crippen LogP contribution in [-0.2, 0) is 21.4 Å². The fourth-order valence-electron chi connectivity index (χ4n) is 2.73. The normalized spacial score (nSPS) is 14.2. The van der Waals surface area contributed by atoms with Crippen molar-refractivity contribution in [1.29, 1.82) is 0 Å². The zero-order valence-electron chi connectivity index (χ0n) is 15.5. The highest BCUT2D eigenvalue weighted by Gasteiger charge is 2.27. The van der Waals surface area contributed by atoms with E-state index in [1.54, 1.807) is 0 Å². The second-order valence-corrected chi connectivity index (χ2v) is 9.10. The van der Waals surface area contributed by atoms with E-state index in [4.69, 9.17) is 12.2 Å². The lowest BCUT2D eigenvalue weighted by molar-refractivity contribution is -0.121. The lowest BCUT2D eigenvalue weighted by atomic mass is 10.2. The van der Waals surface area contributed by atoms with Gasteiger partial charge in [-0.1, -0.05) is 12.1 Å². The Morgan fingerprint density at radius 3 is 2.54 bits per heavy atom. The highest BCUT2D eigenvalue weighted by atomic mass is 32.2. The number of nitrogens with zero attached hydrogens (tertiary/aromatic N) is 3. The molecule has 3 rings (SSSR count). The number of likely N-dealkylation sites (N-methyl/N-ethyl adjacent to an activating group) is 1. The number of ketones is 1. The van der Waals surface area contributed by atoms with E-state index >= 15 is 0 Å². The summed E-state index contributed by atoms with van der Waals surface area (Å²) in [4.78, 5) is 23.6. The van der Waals surface area contributed by atoms with Crippen LogP contribution < -0.4 is 5.32 Å². The van der Waals surface area contributed by atoms with Crippen molar-refractivity contribution in [2.24, 2.45) is 0 Å². The summed E-state index contributed by atoms with van der Waals surface area (Å²) in [6.07, 6.45) is 2.05. The number of hydrogen-bond donors (Lipinski definition) is 2. The van der Waals surface area contributed by atoms with Crippen LogP contribution in [0, 0.1) is 4.77 Å². The molecular formula is C17H21N5O4S2. The third-order valence-electron chi connectivity index (χ3n) is 4.47. The minimum atomic E-state index is -3.85. The molecule has 1 aliphatic carbocycles. The van der Waals surface area contributed by atoms with Gasteiger partial charge in [0.2, 0.25) is 15.9 Å². The van der Waals surface area contributed by atoms with Crippen LogP contribution in [0.15, 0.2) is 29.2 Å². The number of nitrogens with one attached hydrogen (secondary N) is 2. The van der Waals surface area contributed by atoms with Gasteiger partial charge in [-0.05, 0) is 44.1 Å². The number of benzene rings is 1. The topological polar surface area (TPSA) is 117 Å². The van der Waals surface area contributed by atoms with Crippen molar-refractivity contribution >= 4 is 33.9 Å². The molecule has 1 amide bonds. The Balaban J connectivity index is 1.61. The Labute approximate surface area is 167 Å². The molecule has 0 aliphatic heterocycles. The number of hydrogen-bond acceptors (Lipinski definition) is 6. The van der Waals surface area contributed by atoms with E-state index in [9.17, 15) is 18.0 Å². The Morgan fingerprint density at radius 1 is 1.32 bits per heavy atom. The SMILES string of the molecule is CC(=O)c1ccc(S(=O)(=O)N(C)CC(=O)NCc2n[nH]c(=S)n2C2CC2)cc1. The molecule has 1 saturated carbocycles. The first-order valence-corrected chi connectivity index (χ1v) is 10.5. The summed E-state index contributed by atoms with van der Waals surface area (Å²) >= 11 is 5.19. The van der Waals surface area contributed by atoms with E-state index in [-0.39, 0.29) is 23.8 Å². The third kappa shape index (κ3) is 4.37. The molecule has 2 aromatic rings. The van der Waals surface area contributed by atoms with Gasteiger partial charge in [-0.25, -0.2) is 8.42 Å². The molecule has 1 fully saturated rings. The molecule has 9 nitrogen and oxygen atoms in total. The van der Waals surface area contributed by atoms with E-state index < -0.39 is 15.9 Å². The first-order valence-electron chi connectivity index (χ1n) is 8.70. The van der Waals surface area contributed by atoms with Gasteiger partial charge < -0.3 is 5.32 Å². The minimum Gasteiger partial charge on any atom is -0.348 e. The summed E-state index contributed by atoms with van der Waals surface area (Å²) in [5.74, 6) is 0.00889. The molecule has 0 radical (unpaired) electrons. The summed E-state index contributed by atoms with van der Waals surface area (Å²) < 4.78 is 28.6. The van der Waals surface area contributed by atoms with Crippen molar-refractivity contribution < 1.29 is 18.0 Å². The number of rotatable bonds is 8. The molecule has 0 spiro atoms. The van der Waals surface area contributed by atoms with Crippen molar-refractivity contribution in [3.05, 3.63) is 40.4 Å². The Hall–Kier alpha value is -2.37. The van der Waals surface area contributed by atoms with Crippen molar-refractivity contribution in [3.63, 3.8) is 0 Å². The number of sulfonamides is 1. The van der Waals surface area contributed by atoms with Gasteiger partial charge in [-0.2, -0.15) is 9.40 Å². The second kappa shape index (κ2) is 7.94. The van der Waals surface area contributed by atoms with Crippen LogP contribution in [0.2, 0.25) is 0 Å². The minimum absolute atomic E-state index is 0.0161. The van der Waals surface area contributed by atoms with Crippen LogP contribution in [0.4, 0.5) is 0 Å². The lowest BCUT2D eigenvalue weighted by Crippen LogP contribution is -2.38. The van der Waals surface area contributed by atoms with Crippen molar-refractivity contribution in [2.45, 2.75) is 37.2 Å². The summed E-state index contributed by atoms with van der Waals surface area (Å²) in [5, 5.41) is 9.51. The average molecular weight is 424 g/mol. The molecule has 150 valence electrons. The van der Waals surface area contributed by atoms with Crippen LogP contribution in [0.25, 0.3) is 0 Å². The zero-order valence-corrected chi connectivity index (χ0v) is 17.1.